The lowest BCUT2D eigenvalue weighted by Crippen LogP contribution is -2.43. The molecular formula is C27H22N2O4S. The first kappa shape index (κ1) is 23.2. The summed E-state index contributed by atoms with van der Waals surface area (Å²) in [7, 11) is 0. The van der Waals surface area contributed by atoms with E-state index in [2.05, 4.69) is 17.9 Å². The molecule has 0 radical (unpaired) electrons. The number of carbonyl (C=O) groups excluding carboxylic acids is 2. The van der Waals surface area contributed by atoms with Crippen molar-refractivity contribution >= 4 is 40.8 Å². The third-order valence-electron chi connectivity index (χ3n) is 5.60. The van der Waals surface area contributed by atoms with Crippen molar-refractivity contribution in [3.63, 3.8) is 0 Å². The summed E-state index contributed by atoms with van der Waals surface area (Å²) in [5.74, 6) is -0.508. The highest BCUT2D eigenvalue weighted by Crippen LogP contribution is 2.20. The standard InChI is InChI=1S/C27H22N2O4S/c30-26(17-19-5-3-8-22(34)15-19)25(16-18-11-13-21(14-12-18)29(32)33)28-27(31)24-10-4-7-20-6-1-2-9-23(20)24/h1-15,25,34H,16-17H2,(H,28,31)/t25-/m0/s1. The average molecular weight is 471 g/mol. The zero-order chi connectivity index (χ0) is 24.1. The van der Waals surface area contributed by atoms with Crippen molar-refractivity contribution in [2.24, 2.45) is 0 Å². The van der Waals surface area contributed by atoms with Crippen LogP contribution in [0.25, 0.3) is 10.8 Å². The highest BCUT2D eigenvalue weighted by atomic mass is 32.1. The molecular weight excluding hydrogens is 448 g/mol. The van der Waals surface area contributed by atoms with Crippen LogP contribution in [0.1, 0.15) is 21.5 Å². The first-order valence-corrected chi connectivity index (χ1v) is 11.2. The SMILES string of the molecule is O=C(N[C@@H](Cc1ccc([N+](=O)[O-])cc1)C(=O)Cc1cccc(S)c1)c1cccc2ccccc12. The monoisotopic (exact) mass is 470 g/mol. The highest BCUT2D eigenvalue weighted by Gasteiger charge is 2.23. The van der Waals surface area contributed by atoms with Gasteiger partial charge in [0, 0.05) is 29.0 Å². The van der Waals surface area contributed by atoms with E-state index >= 15 is 0 Å². The van der Waals surface area contributed by atoms with Crippen LogP contribution >= 0.6 is 12.6 Å². The largest absolute Gasteiger partial charge is 0.342 e. The summed E-state index contributed by atoms with van der Waals surface area (Å²) in [6.45, 7) is 0. The van der Waals surface area contributed by atoms with Gasteiger partial charge in [-0.3, -0.25) is 19.7 Å². The number of Topliss-reactive ketones (excluding diaryl/α,β-unsaturated/α-hetero) is 1. The Morgan fingerprint density at radius 3 is 2.32 bits per heavy atom. The van der Waals surface area contributed by atoms with Crippen LogP contribution in [0.4, 0.5) is 5.69 Å². The first-order valence-electron chi connectivity index (χ1n) is 10.7. The van der Waals surface area contributed by atoms with Crippen molar-refractivity contribution in [2.45, 2.75) is 23.8 Å². The normalized spacial score (nSPS) is 11.7. The first-order chi connectivity index (χ1) is 16.4. The zero-order valence-corrected chi connectivity index (χ0v) is 19.1. The molecule has 1 atom stereocenters. The molecule has 170 valence electrons. The molecule has 0 spiro atoms. The molecule has 0 saturated heterocycles. The Bertz CT molecular complexity index is 1360. The van der Waals surface area contributed by atoms with Crippen LogP contribution in [0.3, 0.4) is 0 Å². The molecule has 0 unspecified atom stereocenters. The minimum absolute atomic E-state index is 0.0305. The Hall–Kier alpha value is -3.97. The second-order valence-electron chi connectivity index (χ2n) is 7.99. The lowest BCUT2D eigenvalue weighted by molar-refractivity contribution is -0.384. The van der Waals surface area contributed by atoms with Crippen LogP contribution in [-0.4, -0.2) is 22.7 Å². The molecule has 4 rings (SSSR count). The number of hydrogen-bond donors (Lipinski definition) is 2. The number of ketones is 1. The summed E-state index contributed by atoms with van der Waals surface area (Å²) in [5.41, 5.74) is 1.96. The van der Waals surface area contributed by atoms with Gasteiger partial charge in [-0.2, -0.15) is 0 Å². The molecule has 0 aliphatic rings. The number of rotatable bonds is 8. The number of amides is 1. The summed E-state index contributed by atoms with van der Waals surface area (Å²) in [4.78, 5) is 37.8. The number of thiol groups is 1. The van der Waals surface area contributed by atoms with Crippen LogP contribution in [-0.2, 0) is 17.6 Å². The van der Waals surface area contributed by atoms with E-state index in [9.17, 15) is 19.7 Å². The summed E-state index contributed by atoms with van der Waals surface area (Å²) >= 11 is 4.34. The predicted octanol–water partition coefficient (Wildman–Crippen LogP) is 5.19. The molecule has 7 heteroatoms. The molecule has 1 amide bonds. The van der Waals surface area contributed by atoms with Gasteiger partial charge in [0.1, 0.15) is 0 Å². The van der Waals surface area contributed by atoms with Crippen molar-refractivity contribution in [2.75, 3.05) is 0 Å². The number of hydrogen-bond acceptors (Lipinski definition) is 5. The molecule has 0 aromatic heterocycles. The molecule has 1 N–H and O–H groups in total. The molecule has 4 aromatic carbocycles. The van der Waals surface area contributed by atoms with Crippen LogP contribution in [0.2, 0.25) is 0 Å². The van der Waals surface area contributed by atoms with E-state index in [1.165, 1.54) is 12.1 Å². The number of nitro groups is 1. The van der Waals surface area contributed by atoms with Gasteiger partial charge in [0.2, 0.25) is 0 Å². The molecule has 34 heavy (non-hydrogen) atoms. The zero-order valence-electron chi connectivity index (χ0n) is 18.2. The van der Waals surface area contributed by atoms with Crippen molar-refractivity contribution < 1.29 is 14.5 Å². The highest BCUT2D eigenvalue weighted by molar-refractivity contribution is 7.80. The maximum absolute atomic E-state index is 13.3. The Kier molecular flexibility index (Phi) is 7.04. The fourth-order valence-electron chi connectivity index (χ4n) is 3.89. The number of carbonyl (C=O) groups is 2. The van der Waals surface area contributed by atoms with Crippen molar-refractivity contribution in [1.82, 2.24) is 5.32 Å². The van der Waals surface area contributed by atoms with Gasteiger partial charge < -0.3 is 5.32 Å². The maximum Gasteiger partial charge on any atom is 0.269 e. The summed E-state index contributed by atoms with van der Waals surface area (Å²) in [6, 6.07) is 25.5. The third kappa shape index (κ3) is 5.50. The van der Waals surface area contributed by atoms with Crippen LogP contribution < -0.4 is 5.32 Å². The van der Waals surface area contributed by atoms with Gasteiger partial charge in [0.15, 0.2) is 5.78 Å². The van der Waals surface area contributed by atoms with E-state index in [1.807, 2.05) is 60.7 Å². The van der Waals surface area contributed by atoms with E-state index < -0.39 is 11.0 Å². The second kappa shape index (κ2) is 10.3. The third-order valence-corrected chi connectivity index (χ3v) is 5.88. The second-order valence-corrected chi connectivity index (χ2v) is 8.51. The molecule has 0 saturated carbocycles. The predicted molar refractivity (Wildman–Crippen MR) is 134 cm³/mol. The molecule has 6 nitrogen and oxygen atoms in total. The number of nitrogens with zero attached hydrogens (tertiary/aromatic N) is 1. The molecule has 0 heterocycles. The summed E-state index contributed by atoms with van der Waals surface area (Å²) in [6.07, 6.45) is 0.343. The number of benzene rings is 4. The minimum atomic E-state index is -0.809. The van der Waals surface area contributed by atoms with Gasteiger partial charge in [0.05, 0.1) is 11.0 Å². The van der Waals surface area contributed by atoms with Gasteiger partial charge >= 0.3 is 0 Å². The van der Waals surface area contributed by atoms with Crippen molar-refractivity contribution in [3.8, 4) is 0 Å². The maximum atomic E-state index is 13.3. The van der Waals surface area contributed by atoms with E-state index in [0.29, 0.717) is 11.1 Å². The fraction of sp³-hybridized carbons (Fsp3) is 0.111. The van der Waals surface area contributed by atoms with E-state index in [0.717, 1.165) is 21.2 Å². The Morgan fingerprint density at radius 1 is 0.882 bits per heavy atom. The molecule has 0 aliphatic heterocycles. The van der Waals surface area contributed by atoms with Crippen LogP contribution in [0, 0.1) is 10.1 Å². The fourth-order valence-corrected chi connectivity index (χ4v) is 4.14. The smallest absolute Gasteiger partial charge is 0.269 e. The van der Waals surface area contributed by atoms with E-state index in [4.69, 9.17) is 0 Å². The van der Waals surface area contributed by atoms with E-state index in [-0.39, 0.29) is 30.2 Å². The number of non-ortho nitro benzene ring substituents is 1. The Balaban J connectivity index is 1.61. The molecule has 0 aliphatic carbocycles. The lowest BCUT2D eigenvalue weighted by Gasteiger charge is -2.19. The van der Waals surface area contributed by atoms with Gasteiger partial charge in [-0.05, 0) is 46.5 Å². The Morgan fingerprint density at radius 2 is 1.59 bits per heavy atom. The van der Waals surface area contributed by atoms with Gasteiger partial charge in [-0.1, -0.05) is 60.7 Å². The minimum Gasteiger partial charge on any atom is -0.342 e. The van der Waals surface area contributed by atoms with Crippen molar-refractivity contribution in [1.29, 1.82) is 0 Å². The van der Waals surface area contributed by atoms with Crippen molar-refractivity contribution in [3.05, 3.63) is 118 Å². The number of nitro benzene ring substituents is 1. The lowest BCUT2D eigenvalue weighted by atomic mass is 9.96. The Labute approximate surface area is 202 Å². The van der Waals surface area contributed by atoms with Crippen LogP contribution in [0.15, 0.2) is 95.9 Å². The van der Waals surface area contributed by atoms with E-state index in [1.54, 1.807) is 18.2 Å². The van der Waals surface area contributed by atoms with Gasteiger partial charge in [-0.25, -0.2) is 0 Å². The number of fused-ring (bicyclic) bond motifs is 1. The average Bonchev–Trinajstić information content (AvgIpc) is 2.83. The van der Waals surface area contributed by atoms with Gasteiger partial charge in [-0.15, -0.1) is 12.6 Å². The summed E-state index contributed by atoms with van der Waals surface area (Å²) < 4.78 is 0. The molecule has 0 bridgehead atoms. The summed E-state index contributed by atoms with van der Waals surface area (Å²) in [5, 5.41) is 15.6. The molecule has 4 aromatic rings. The number of nitrogens with one attached hydrogen (secondary N) is 1. The molecule has 0 fully saturated rings. The topological polar surface area (TPSA) is 89.3 Å². The van der Waals surface area contributed by atoms with Gasteiger partial charge in [0.25, 0.3) is 11.6 Å². The quantitative estimate of drug-likeness (QED) is 0.211. The van der Waals surface area contributed by atoms with Crippen LogP contribution in [0.5, 0.6) is 0 Å².